The Hall–Kier alpha value is -0.870. The predicted molar refractivity (Wildman–Crippen MR) is 77.8 cm³/mol. The normalized spacial score (nSPS) is 13.0. The number of likely N-dealkylation sites (N-methyl/N-ethyl adjacent to an activating group) is 1. The average Bonchev–Trinajstić information content (AvgIpc) is 2.79. The number of amides is 1. The van der Waals surface area contributed by atoms with E-state index in [1.165, 1.54) is 4.88 Å². The zero-order valence-corrected chi connectivity index (χ0v) is 12.6. The van der Waals surface area contributed by atoms with Gasteiger partial charge in [0.1, 0.15) is 0 Å². The highest BCUT2D eigenvalue weighted by molar-refractivity contribution is 7.10. The average molecular weight is 268 g/mol. The zero-order valence-electron chi connectivity index (χ0n) is 11.8. The second kappa shape index (κ2) is 7.54. The maximum Gasteiger partial charge on any atom is 0.220 e. The van der Waals surface area contributed by atoms with Crippen LogP contribution in [0.4, 0.5) is 0 Å². The van der Waals surface area contributed by atoms with Crippen LogP contribution in [0.1, 0.15) is 37.6 Å². The molecule has 1 N–H and O–H groups in total. The van der Waals surface area contributed by atoms with Gasteiger partial charge >= 0.3 is 0 Å². The quantitative estimate of drug-likeness (QED) is 0.824. The summed E-state index contributed by atoms with van der Waals surface area (Å²) in [6.07, 6.45) is 1.58. The molecule has 0 aromatic carbocycles. The summed E-state index contributed by atoms with van der Waals surface area (Å²) in [4.78, 5) is 15.2. The molecule has 1 atom stereocenters. The summed E-state index contributed by atoms with van der Waals surface area (Å²) < 4.78 is 0. The SMILES string of the molecule is CC(C)CCC(=O)NCC(c1cccs1)N(C)C. The van der Waals surface area contributed by atoms with Crippen molar-refractivity contribution >= 4 is 17.2 Å². The van der Waals surface area contributed by atoms with E-state index in [1.54, 1.807) is 11.3 Å². The lowest BCUT2D eigenvalue weighted by Crippen LogP contribution is -2.34. The van der Waals surface area contributed by atoms with Gasteiger partial charge in [-0.2, -0.15) is 0 Å². The zero-order chi connectivity index (χ0) is 13.5. The van der Waals surface area contributed by atoms with E-state index < -0.39 is 0 Å². The summed E-state index contributed by atoms with van der Waals surface area (Å²) in [5.41, 5.74) is 0. The predicted octanol–water partition coefficient (Wildman–Crippen LogP) is 2.90. The minimum Gasteiger partial charge on any atom is -0.354 e. The Morgan fingerprint density at radius 2 is 2.17 bits per heavy atom. The lowest BCUT2D eigenvalue weighted by molar-refractivity contribution is -0.121. The third kappa shape index (κ3) is 5.19. The van der Waals surface area contributed by atoms with Crippen LogP contribution in [0.25, 0.3) is 0 Å². The molecule has 1 heterocycles. The van der Waals surface area contributed by atoms with E-state index in [4.69, 9.17) is 0 Å². The first kappa shape index (κ1) is 15.2. The van der Waals surface area contributed by atoms with Crippen LogP contribution in [0, 0.1) is 5.92 Å². The van der Waals surface area contributed by atoms with Crippen LogP contribution >= 0.6 is 11.3 Å². The molecular weight excluding hydrogens is 244 g/mol. The molecule has 1 aromatic rings. The van der Waals surface area contributed by atoms with Crippen LogP contribution in [0.15, 0.2) is 17.5 Å². The Labute approximate surface area is 114 Å². The van der Waals surface area contributed by atoms with E-state index in [0.29, 0.717) is 18.9 Å². The van der Waals surface area contributed by atoms with Crippen LogP contribution in [-0.2, 0) is 4.79 Å². The fourth-order valence-corrected chi connectivity index (χ4v) is 2.66. The van der Waals surface area contributed by atoms with Gasteiger partial charge in [-0.1, -0.05) is 19.9 Å². The Bertz CT molecular complexity index is 347. The van der Waals surface area contributed by atoms with Gasteiger partial charge in [0.15, 0.2) is 0 Å². The molecule has 0 aliphatic heterocycles. The van der Waals surface area contributed by atoms with Crippen LogP contribution in [0.5, 0.6) is 0 Å². The summed E-state index contributed by atoms with van der Waals surface area (Å²) in [6.45, 7) is 4.97. The Morgan fingerprint density at radius 1 is 1.44 bits per heavy atom. The lowest BCUT2D eigenvalue weighted by Gasteiger charge is -2.23. The van der Waals surface area contributed by atoms with Crippen molar-refractivity contribution in [3.63, 3.8) is 0 Å². The maximum absolute atomic E-state index is 11.7. The molecule has 0 radical (unpaired) electrons. The second-order valence-electron chi connectivity index (χ2n) is 5.23. The van der Waals surface area contributed by atoms with Crippen molar-refractivity contribution in [1.29, 1.82) is 0 Å². The smallest absolute Gasteiger partial charge is 0.220 e. The second-order valence-corrected chi connectivity index (χ2v) is 6.21. The Balaban J connectivity index is 2.41. The molecule has 0 bridgehead atoms. The highest BCUT2D eigenvalue weighted by atomic mass is 32.1. The summed E-state index contributed by atoms with van der Waals surface area (Å²) in [6, 6.07) is 4.44. The van der Waals surface area contributed by atoms with Crippen LogP contribution in [0.3, 0.4) is 0 Å². The van der Waals surface area contributed by atoms with Gasteiger partial charge in [0.2, 0.25) is 5.91 Å². The molecular formula is C14H24N2OS. The molecule has 1 unspecified atom stereocenters. The van der Waals surface area contributed by atoms with Crippen LogP contribution in [0.2, 0.25) is 0 Å². The van der Waals surface area contributed by atoms with Gasteiger partial charge in [0.05, 0.1) is 6.04 Å². The highest BCUT2D eigenvalue weighted by Gasteiger charge is 2.16. The first-order valence-electron chi connectivity index (χ1n) is 6.47. The van der Waals surface area contributed by atoms with Gasteiger partial charge in [0, 0.05) is 17.8 Å². The lowest BCUT2D eigenvalue weighted by atomic mass is 10.1. The standard InChI is InChI=1S/C14H24N2OS/c1-11(2)7-8-14(17)15-10-12(16(3)4)13-6-5-9-18-13/h5-6,9,11-12H,7-8,10H2,1-4H3,(H,15,17). The molecule has 0 aliphatic carbocycles. The largest absolute Gasteiger partial charge is 0.354 e. The van der Waals surface area contributed by atoms with Gasteiger partial charge in [-0.25, -0.2) is 0 Å². The van der Waals surface area contributed by atoms with Crippen molar-refractivity contribution < 1.29 is 4.79 Å². The van der Waals surface area contributed by atoms with Crippen molar-refractivity contribution in [2.24, 2.45) is 5.92 Å². The van der Waals surface area contributed by atoms with Gasteiger partial charge in [0.25, 0.3) is 0 Å². The van der Waals surface area contributed by atoms with Crippen molar-refractivity contribution in [3.8, 4) is 0 Å². The topological polar surface area (TPSA) is 32.3 Å². The fourth-order valence-electron chi connectivity index (χ4n) is 1.74. The number of thiophene rings is 1. The highest BCUT2D eigenvalue weighted by Crippen LogP contribution is 2.22. The minimum absolute atomic E-state index is 0.159. The van der Waals surface area contributed by atoms with Gasteiger partial charge in [-0.15, -0.1) is 11.3 Å². The molecule has 0 spiro atoms. The van der Waals surface area contributed by atoms with E-state index in [9.17, 15) is 4.79 Å². The van der Waals surface area contributed by atoms with Crippen molar-refractivity contribution in [1.82, 2.24) is 10.2 Å². The maximum atomic E-state index is 11.7. The molecule has 0 saturated heterocycles. The van der Waals surface area contributed by atoms with Gasteiger partial charge in [-0.05, 0) is 37.9 Å². The first-order chi connectivity index (χ1) is 8.50. The van der Waals surface area contributed by atoms with E-state index in [0.717, 1.165) is 6.42 Å². The fraction of sp³-hybridized carbons (Fsp3) is 0.643. The molecule has 18 heavy (non-hydrogen) atoms. The van der Waals surface area contributed by atoms with Crippen LogP contribution in [-0.4, -0.2) is 31.4 Å². The molecule has 3 nitrogen and oxygen atoms in total. The summed E-state index contributed by atoms with van der Waals surface area (Å²) >= 11 is 1.74. The molecule has 0 aliphatic rings. The van der Waals surface area contributed by atoms with Crippen molar-refractivity contribution in [2.75, 3.05) is 20.6 Å². The molecule has 4 heteroatoms. The number of rotatable bonds is 7. The van der Waals surface area contributed by atoms with Crippen LogP contribution < -0.4 is 5.32 Å². The molecule has 0 fully saturated rings. The molecule has 1 rings (SSSR count). The molecule has 0 saturated carbocycles. The third-order valence-corrected chi connectivity index (χ3v) is 3.91. The van der Waals surface area contributed by atoms with Crippen molar-refractivity contribution in [3.05, 3.63) is 22.4 Å². The summed E-state index contributed by atoms with van der Waals surface area (Å²) in [5, 5.41) is 5.11. The number of carbonyl (C=O) groups excluding carboxylic acids is 1. The Morgan fingerprint density at radius 3 is 2.67 bits per heavy atom. The monoisotopic (exact) mass is 268 g/mol. The number of carbonyl (C=O) groups is 1. The Kier molecular flexibility index (Phi) is 6.36. The molecule has 102 valence electrons. The number of nitrogens with one attached hydrogen (secondary N) is 1. The summed E-state index contributed by atoms with van der Waals surface area (Å²) in [7, 11) is 4.09. The van der Waals surface area contributed by atoms with E-state index in [-0.39, 0.29) is 11.9 Å². The van der Waals surface area contributed by atoms with E-state index in [1.807, 2.05) is 14.1 Å². The van der Waals surface area contributed by atoms with Gasteiger partial charge < -0.3 is 10.2 Å². The first-order valence-corrected chi connectivity index (χ1v) is 7.35. The minimum atomic E-state index is 0.159. The number of hydrogen-bond donors (Lipinski definition) is 1. The van der Waals surface area contributed by atoms with E-state index in [2.05, 4.69) is 41.6 Å². The number of nitrogens with zero attached hydrogens (tertiary/aromatic N) is 1. The van der Waals surface area contributed by atoms with Gasteiger partial charge in [-0.3, -0.25) is 4.79 Å². The number of hydrogen-bond acceptors (Lipinski definition) is 3. The van der Waals surface area contributed by atoms with Crippen molar-refractivity contribution in [2.45, 2.75) is 32.7 Å². The summed E-state index contributed by atoms with van der Waals surface area (Å²) in [5.74, 6) is 0.741. The molecule has 1 aromatic heterocycles. The third-order valence-electron chi connectivity index (χ3n) is 2.94. The van der Waals surface area contributed by atoms with E-state index >= 15 is 0 Å². The molecule has 1 amide bonds.